The minimum atomic E-state index is 0.925. The van der Waals surface area contributed by atoms with Crippen molar-refractivity contribution < 1.29 is 0 Å². The van der Waals surface area contributed by atoms with E-state index in [0.29, 0.717) is 0 Å². The van der Waals surface area contributed by atoms with Gasteiger partial charge in [-0.3, -0.25) is 0 Å². The second-order valence-electron chi connectivity index (χ2n) is 13.7. The van der Waals surface area contributed by atoms with Crippen molar-refractivity contribution >= 4 is 82.5 Å². The second kappa shape index (κ2) is 10.8. The molecule has 0 aliphatic heterocycles. The van der Waals surface area contributed by atoms with E-state index in [0.717, 1.165) is 33.6 Å². The Morgan fingerprint density at radius 3 is 1.90 bits per heavy atom. The van der Waals surface area contributed by atoms with Gasteiger partial charge in [-0.25, -0.2) is 0 Å². The smallest absolute Gasteiger partial charge is 0.0547 e. The third-order valence-corrected chi connectivity index (χ3v) is 11.2. The Kier molecular flexibility index (Phi) is 5.97. The van der Waals surface area contributed by atoms with Crippen LogP contribution in [0.2, 0.25) is 0 Å². The second-order valence-corrected chi connectivity index (χ2v) is 13.7. The normalized spacial score (nSPS) is 12.7. The molecule has 3 heteroatoms. The molecule has 0 unspecified atom stereocenters. The molecule has 10 aromatic rings. The molecule has 0 bridgehead atoms. The molecule has 0 atom stereocenters. The average molecular weight is 662 g/mol. The third kappa shape index (κ3) is 3.82. The van der Waals surface area contributed by atoms with Gasteiger partial charge in [0.1, 0.15) is 0 Å². The topological polar surface area (TPSA) is 33.7 Å². The maximum atomic E-state index is 8.24. The largest absolute Gasteiger partial charge is 0.309 e. The zero-order chi connectivity index (χ0) is 34.5. The summed E-state index contributed by atoms with van der Waals surface area (Å²) in [5.41, 5.74) is 13.6. The first-order valence-corrected chi connectivity index (χ1v) is 17.7. The number of allylic oxidation sites excluding steroid dienone is 3. The number of aromatic nitrogens is 2. The molecule has 0 radical (unpaired) electrons. The van der Waals surface area contributed by atoms with E-state index >= 15 is 0 Å². The molecule has 52 heavy (non-hydrogen) atoms. The number of rotatable bonds is 5. The molecule has 1 aliphatic carbocycles. The fraction of sp³-hybridized carbons (Fsp3) is 0. The van der Waals surface area contributed by atoms with Gasteiger partial charge in [-0.1, -0.05) is 116 Å². The zero-order valence-electron chi connectivity index (χ0n) is 28.3. The lowest BCUT2D eigenvalue weighted by Crippen LogP contribution is -1.97. The molecule has 0 saturated carbocycles. The predicted octanol–water partition coefficient (Wildman–Crippen LogP) is 12.9. The summed E-state index contributed by atoms with van der Waals surface area (Å²) < 4.78 is 4.81. The highest BCUT2D eigenvalue weighted by Gasteiger charge is 2.25. The van der Waals surface area contributed by atoms with E-state index in [1.807, 2.05) is 6.08 Å². The van der Waals surface area contributed by atoms with Crippen molar-refractivity contribution in [1.29, 1.82) is 5.41 Å². The molecular weight excluding hydrogens is 631 g/mol. The van der Waals surface area contributed by atoms with E-state index in [1.54, 1.807) is 0 Å². The third-order valence-electron chi connectivity index (χ3n) is 11.2. The van der Waals surface area contributed by atoms with Crippen LogP contribution in [0.25, 0.3) is 98.8 Å². The van der Waals surface area contributed by atoms with Gasteiger partial charge in [-0.15, -0.1) is 0 Å². The Labute approximate surface area is 300 Å². The predicted molar refractivity (Wildman–Crippen MR) is 221 cm³/mol. The van der Waals surface area contributed by atoms with Crippen molar-refractivity contribution in [2.45, 2.75) is 0 Å². The summed E-state index contributed by atoms with van der Waals surface area (Å²) >= 11 is 0. The first-order valence-electron chi connectivity index (χ1n) is 17.7. The van der Waals surface area contributed by atoms with E-state index in [-0.39, 0.29) is 0 Å². The highest BCUT2D eigenvalue weighted by molar-refractivity contribution is 6.31. The molecule has 2 aromatic heterocycles. The van der Waals surface area contributed by atoms with Gasteiger partial charge in [0, 0.05) is 44.4 Å². The summed E-state index contributed by atoms with van der Waals surface area (Å²) in [7, 11) is 0. The van der Waals surface area contributed by atoms with Gasteiger partial charge in [0.05, 0.1) is 27.8 Å². The van der Waals surface area contributed by atoms with Crippen LogP contribution in [0.1, 0.15) is 11.1 Å². The van der Waals surface area contributed by atoms with Crippen molar-refractivity contribution in [2.24, 2.45) is 0 Å². The van der Waals surface area contributed by atoms with Crippen LogP contribution in [-0.4, -0.2) is 15.3 Å². The maximum Gasteiger partial charge on any atom is 0.0547 e. The van der Waals surface area contributed by atoms with Crippen LogP contribution in [0.3, 0.4) is 0 Å². The lowest BCUT2D eigenvalue weighted by Gasteiger charge is -2.14. The Morgan fingerprint density at radius 1 is 0.442 bits per heavy atom. The fourth-order valence-electron chi connectivity index (χ4n) is 8.94. The molecule has 1 aliphatic rings. The Morgan fingerprint density at radius 2 is 1.10 bits per heavy atom. The van der Waals surface area contributed by atoms with Crippen LogP contribution in [0.4, 0.5) is 0 Å². The molecular formula is C49H31N3. The minimum Gasteiger partial charge on any atom is -0.309 e. The molecule has 1 N–H and O–H groups in total. The molecule has 0 amide bonds. The van der Waals surface area contributed by atoms with Gasteiger partial charge in [-0.2, -0.15) is 0 Å². The number of hydrogen-bond donors (Lipinski definition) is 1. The van der Waals surface area contributed by atoms with Gasteiger partial charge in [0.15, 0.2) is 0 Å². The average Bonchev–Trinajstić information content (AvgIpc) is 3.84. The van der Waals surface area contributed by atoms with Crippen LogP contribution in [-0.2, 0) is 0 Å². The molecule has 3 nitrogen and oxygen atoms in total. The van der Waals surface area contributed by atoms with Gasteiger partial charge in [0.25, 0.3) is 0 Å². The first kappa shape index (κ1) is 28.8. The number of hydrogen-bond acceptors (Lipinski definition) is 1. The fourth-order valence-corrected chi connectivity index (χ4v) is 8.94. The lowest BCUT2D eigenvalue weighted by molar-refractivity contribution is 1.18. The molecule has 242 valence electrons. The number of benzene rings is 8. The van der Waals surface area contributed by atoms with E-state index < -0.39 is 0 Å². The van der Waals surface area contributed by atoms with Crippen LogP contribution in [0.5, 0.6) is 0 Å². The van der Waals surface area contributed by atoms with Crippen LogP contribution < -0.4 is 0 Å². The van der Waals surface area contributed by atoms with Gasteiger partial charge in [0.2, 0.25) is 0 Å². The van der Waals surface area contributed by atoms with Crippen molar-refractivity contribution in [3.63, 3.8) is 0 Å². The highest BCUT2D eigenvalue weighted by atomic mass is 15.0. The standard InChI is InChI=1S/C49H31N3/c1-2-34-37-16-10-17-39-44(26-22-38(48(37)39)42(34)29-50)52-46-24-21-32(28-41(46)49-35-14-7-6-11-30(35)19-25-47(49)52)31-20-23-45-40(27-31)36-15-8-9-18-43(36)51(45)33-12-4-3-5-13-33/h2-29,50H,1H2. The molecule has 0 fully saturated rings. The van der Waals surface area contributed by atoms with Gasteiger partial charge >= 0.3 is 0 Å². The number of nitrogens with zero attached hydrogens (tertiary/aromatic N) is 2. The van der Waals surface area contributed by atoms with Crippen molar-refractivity contribution in [3.05, 3.63) is 182 Å². The maximum absolute atomic E-state index is 8.24. The Hall–Kier alpha value is -6.97. The minimum absolute atomic E-state index is 0.925. The van der Waals surface area contributed by atoms with Crippen LogP contribution in [0, 0.1) is 5.41 Å². The Balaban J connectivity index is 1.18. The zero-order valence-corrected chi connectivity index (χ0v) is 28.3. The number of nitrogens with one attached hydrogen (secondary N) is 1. The molecule has 11 rings (SSSR count). The van der Waals surface area contributed by atoms with E-state index in [1.165, 1.54) is 82.5 Å². The highest BCUT2D eigenvalue weighted by Crippen LogP contribution is 2.46. The van der Waals surface area contributed by atoms with Crippen molar-refractivity contribution in [3.8, 4) is 22.5 Å². The monoisotopic (exact) mass is 661 g/mol. The molecule has 0 saturated heterocycles. The lowest BCUT2D eigenvalue weighted by atomic mass is 9.99. The van der Waals surface area contributed by atoms with E-state index in [9.17, 15) is 0 Å². The molecule has 8 aromatic carbocycles. The number of para-hydroxylation sites is 2. The summed E-state index contributed by atoms with van der Waals surface area (Å²) in [5.74, 6) is 0. The summed E-state index contributed by atoms with van der Waals surface area (Å²) in [6.07, 6.45) is 3.36. The van der Waals surface area contributed by atoms with Crippen molar-refractivity contribution in [2.75, 3.05) is 0 Å². The summed E-state index contributed by atoms with van der Waals surface area (Å²) in [5, 5.41) is 18.0. The van der Waals surface area contributed by atoms with Gasteiger partial charge in [-0.05, 0) is 98.6 Å². The van der Waals surface area contributed by atoms with Gasteiger partial charge < -0.3 is 14.5 Å². The summed E-state index contributed by atoms with van der Waals surface area (Å²) in [6.45, 7) is 4.11. The molecule has 2 heterocycles. The van der Waals surface area contributed by atoms with E-state index in [4.69, 9.17) is 5.41 Å². The summed E-state index contributed by atoms with van der Waals surface area (Å²) in [4.78, 5) is 0. The van der Waals surface area contributed by atoms with Crippen molar-refractivity contribution in [1.82, 2.24) is 9.13 Å². The first-order chi connectivity index (χ1) is 25.7. The number of fused-ring (bicyclic) bond motifs is 8. The Bertz CT molecular complexity index is 3180. The SMILES string of the molecule is C=CC1=C(C=N)c2ccc(-n3c4ccc(-c5ccc6c(c5)c5ccccc5n6-c5ccccc5)cc4c4c5ccccc5ccc43)c3cccc1c23. The quantitative estimate of drug-likeness (QED) is 0.178. The molecule has 0 spiro atoms. The van der Waals surface area contributed by atoms with E-state index in [2.05, 4.69) is 173 Å². The van der Waals surface area contributed by atoms with Crippen LogP contribution in [0.15, 0.2) is 170 Å². The van der Waals surface area contributed by atoms with Crippen LogP contribution >= 0.6 is 0 Å². The summed E-state index contributed by atoms with van der Waals surface area (Å²) in [6, 6.07) is 57.4.